The molecule has 0 radical (unpaired) electrons. The van der Waals surface area contributed by atoms with E-state index in [1.165, 1.54) is 0 Å². The molecule has 0 heterocycles. The van der Waals surface area contributed by atoms with Crippen molar-refractivity contribution in [3.05, 3.63) is 0 Å². The van der Waals surface area contributed by atoms with Gasteiger partial charge >= 0.3 is 0 Å². The van der Waals surface area contributed by atoms with Gasteiger partial charge in [-0.1, -0.05) is 0 Å². The first kappa shape index (κ1) is 14.4. The first-order chi connectivity index (χ1) is 6.54. The molecule has 0 aliphatic heterocycles. The standard InChI is InChI=1S/C9H19NO4S/c1-7(11)9(2,3)10-8(12)5-6-15(4,13)14/h7,11H,5-6H2,1-4H3,(H,10,12). The molecule has 0 aromatic rings. The molecule has 0 aromatic carbocycles. The van der Waals surface area contributed by atoms with E-state index in [9.17, 15) is 18.3 Å². The van der Waals surface area contributed by atoms with Gasteiger partial charge in [-0.2, -0.15) is 0 Å². The van der Waals surface area contributed by atoms with Crippen molar-refractivity contribution in [2.45, 2.75) is 38.8 Å². The lowest BCUT2D eigenvalue weighted by atomic mass is 9.99. The van der Waals surface area contributed by atoms with Crippen LogP contribution in [-0.4, -0.2) is 43.1 Å². The van der Waals surface area contributed by atoms with Gasteiger partial charge in [0.15, 0.2) is 0 Å². The zero-order chi connectivity index (χ0) is 12.3. The molecule has 0 bridgehead atoms. The molecule has 0 saturated heterocycles. The maximum Gasteiger partial charge on any atom is 0.221 e. The minimum atomic E-state index is -3.12. The molecule has 90 valence electrons. The third kappa shape index (κ3) is 6.46. The van der Waals surface area contributed by atoms with Crippen LogP contribution in [0.15, 0.2) is 0 Å². The van der Waals surface area contributed by atoms with Crippen LogP contribution in [0, 0.1) is 0 Å². The van der Waals surface area contributed by atoms with Gasteiger partial charge in [0, 0.05) is 12.7 Å². The van der Waals surface area contributed by atoms with Crippen molar-refractivity contribution in [1.29, 1.82) is 0 Å². The Hall–Kier alpha value is -0.620. The first-order valence-corrected chi connectivity index (χ1v) is 6.77. The molecular formula is C9H19NO4S. The highest BCUT2D eigenvalue weighted by atomic mass is 32.2. The number of hydrogen-bond acceptors (Lipinski definition) is 4. The largest absolute Gasteiger partial charge is 0.391 e. The van der Waals surface area contributed by atoms with Crippen molar-refractivity contribution in [2.75, 3.05) is 12.0 Å². The van der Waals surface area contributed by atoms with Crippen LogP contribution in [0.25, 0.3) is 0 Å². The fraction of sp³-hybridized carbons (Fsp3) is 0.889. The minimum absolute atomic E-state index is 0.0744. The Labute approximate surface area is 90.8 Å². The summed E-state index contributed by atoms with van der Waals surface area (Å²) < 4.78 is 21.6. The second kappa shape index (κ2) is 4.94. The first-order valence-electron chi connectivity index (χ1n) is 4.71. The molecule has 0 rings (SSSR count). The van der Waals surface area contributed by atoms with Gasteiger partial charge in [-0.05, 0) is 20.8 Å². The van der Waals surface area contributed by atoms with E-state index in [2.05, 4.69) is 5.32 Å². The molecule has 0 aromatic heterocycles. The van der Waals surface area contributed by atoms with Gasteiger partial charge in [0.2, 0.25) is 5.91 Å². The maximum absolute atomic E-state index is 11.3. The highest BCUT2D eigenvalue weighted by Gasteiger charge is 2.25. The molecule has 6 heteroatoms. The van der Waals surface area contributed by atoms with Crippen molar-refractivity contribution >= 4 is 15.7 Å². The van der Waals surface area contributed by atoms with Crippen LogP contribution in [0.4, 0.5) is 0 Å². The summed E-state index contributed by atoms with van der Waals surface area (Å²) >= 11 is 0. The van der Waals surface area contributed by atoms with Crippen LogP contribution in [-0.2, 0) is 14.6 Å². The maximum atomic E-state index is 11.3. The van der Waals surface area contributed by atoms with E-state index >= 15 is 0 Å². The van der Waals surface area contributed by atoms with Crippen LogP contribution < -0.4 is 5.32 Å². The predicted octanol–water partition coefficient (Wildman–Crippen LogP) is -0.303. The van der Waals surface area contributed by atoms with E-state index in [0.717, 1.165) is 6.26 Å². The Morgan fingerprint density at radius 1 is 1.47 bits per heavy atom. The second-order valence-corrected chi connectivity index (χ2v) is 6.59. The van der Waals surface area contributed by atoms with Crippen molar-refractivity contribution in [1.82, 2.24) is 5.32 Å². The molecule has 0 saturated carbocycles. The lowest BCUT2D eigenvalue weighted by molar-refractivity contribution is -0.123. The number of nitrogens with one attached hydrogen (secondary N) is 1. The smallest absolute Gasteiger partial charge is 0.221 e. The lowest BCUT2D eigenvalue weighted by Gasteiger charge is -2.29. The van der Waals surface area contributed by atoms with Crippen molar-refractivity contribution in [3.8, 4) is 0 Å². The summed E-state index contributed by atoms with van der Waals surface area (Å²) in [5.41, 5.74) is -0.741. The summed E-state index contributed by atoms with van der Waals surface area (Å²) in [6.07, 6.45) is 0.314. The van der Waals surface area contributed by atoms with Crippen molar-refractivity contribution < 1.29 is 18.3 Å². The molecule has 1 atom stereocenters. The third-order valence-corrected chi connectivity index (χ3v) is 3.15. The monoisotopic (exact) mass is 237 g/mol. The zero-order valence-electron chi connectivity index (χ0n) is 9.57. The van der Waals surface area contributed by atoms with E-state index < -0.39 is 21.5 Å². The fourth-order valence-corrected chi connectivity index (χ4v) is 1.36. The topological polar surface area (TPSA) is 83.5 Å². The van der Waals surface area contributed by atoms with Crippen LogP contribution in [0.1, 0.15) is 27.2 Å². The van der Waals surface area contributed by atoms with Gasteiger partial charge in [-0.15, -0.1) is 0 Å². The molecule has 0 fully saturated rings. The fourth-order valence-electron chi connectivity index (χ4n) is 0.804. The molecule has 0 aliphatic rings. The molecule has 5 nitrogen and oxygen atoms in total. The molecule has 0 aliphatic carbocycles. The van der Waals surface area contributed by atoms with Gasteiger partial charge in [0.1, 0.15) is 9.84 Å². The minimum Gasteiger partial charge on any atom is -0.391 e. The van der Waals surface area contributed by atoms with Gasteiger partial charge in [0.25, 0.3) is 0 Å². The Morgan fingerprint density at radius 2 is 1.93 bits per heavy atom. The van der Waals surface area contributed by atoms with E-state index in [1.807, 2.05) is 0 Å². The van der Waals surface area contributed by atoms with Crippen LogP contribution in [0.3, 0.4) is 0 Å². The normalized spacial score (nSPS) is 14.7. The number of amides is 1. The van der Waals surface area contributed by atoms with Crippen molar-refractivity contribution in [3.63, 3.8) is 0 Å². The number of rotatable bonds is 5. The van der Waals surface area contributed by atoms with Gasteiger partial charge < -0.3 is 10.4 Å². The zero-order valence-corrected chi connectivity index (χ0v) is 10.4. The Kier molecular flexibility index (Phi) is 4.73. The van der Waals surface area contributed by atoms with Crippen molar-refractivity contribution in [2.24, 2.45) is 0 Å². The number of sulfone groups is 1. The average molecular weight is 237 g/mol. The number of aliphatic hydroxyl groups is 1. The molecular weight excluding hydrogens is 218 g/mol. The van der Waals surface area contributed by atoms with Gasteiger partial charge in [-0.25, -0.2) is 8.42 Å². The summed E-state index contributed by atoms with van der Waals surface area (Å²) in [7, 11) is -3.12. The number of carbonyl (C=O) groups is 1. The summed E-state index contributed by atoms with van der Waals surface area (Å²) in [4.78, 5) is 11.3. The molecule has 2 N–H and O–H groups in total. The van der Waals surface area contributed by atoms with Crippen LogP contribution in [0.2, 0.25) is 0 Å². The predicted molar refractivity (Wildman–Crippen MR) is 58.2 cm³/mol. The number of hydrogen-bond donors (Lipinski definition) is 2. The summed E-state index contributed by atoms with van der Waals surface area (Å²) in [6.45, 7) is 4.92. The molecule has 1 amide bonds. The second-order valence-electron chi connectivity index (χ2n) is 4.33. The number of carbonyl (C=O) groups excluding carboxylic acids is 1. The summed E-state index contributed by atoms with van der Waals surface area (Å²) in [6, 6.07) is 0. The quantitative estimate of drug-likeness (QED) is 0.687. The Bertz CT molecular complexity index is 319. The lowest BCUT2D eigenvalue weighted by Crippen LogP contribution is -2.51. The highest BCUT2D eigenvalue weighted by molar-refractivity contribution is 7.90. The number of aliphatic hydroxyl groups excluding tert-OH is 1. The van der Waals surface area contributed by atoms with E-state index in [1.54, 1.807) is 20.8 Å². The highest BCUT2D eigenvalue weighted by Crippen LogP contribution is 2.08. The van der Waals surface area contributed by atoms with E-state index in [0.29, 0.717) is 0 Å². The van der Waals surface area contributed by atoms with Crippen LogP contribution in [0.5, 0.6) is 0 Å². The Morgan fingerprint density at radius 3 is 2.27 bits per heavy atom. The third-order valence-electron chi connectivity index (χ3n) is 2.21. The summed E-state index contributed by atoms with van der Waals surface area (Å²) in [5, 5.41) is 11.9. The van der Waals surface area contributed by atoms with Gasteiger partial charge in [-0.3, -0.25) is 4.79 Å². The van der Waals surface area contributed by atoms with Crippen LogP contribution >= 0.6 is 0 Å². The Balaban J connectivity index is 4.17. The molecule has 15 heavy (non-hydrogen) atoms. The molecule has 0 spiro atoms. The summed E-state index contributed by atoms with van der Waals surface area (Å²) in [5.74, 6) is -0.541. The van der Waals surface area contributed by atoms with E-state index in [4.69, 9.17) is 0 Å². The average Bonchev–Trinajstić information content (AvgIpc) is 1.98. The molecule has 1 unspecified atom stereocenters. The SMILES string of the molecule is CC(O)C(C)(C)NC(=O)CCS(C)(=O)=O. The van der Waals surface area contributed by atoms with E-state index in [-0.39, 0.29) is 18.1 Å². The van der Waals surface area contributed by atoms with Gasteiger partial charge in [0.05, 0.1) is 17.4 Å².